The van der Waals surface area contributed by atoms with Gasteiger partial charge in [-0.2, -0.15) is 0 Å². The van der Waals surface area contributed by atoms with Crippen LogP contribution >= 0.6 is 34.2 Å². The molecule has 1 amide bonds. The van der Waals surface area contributed by atoms with Gasteiger partial charge in [0.2, 0.25) is 0 Å². The Hall–Kier alpha value is -1.67. The van der Waals surface area contributed by atoms with Gasteiger partial charge in [0, 0.05) is 3.57 Å². The Morgan fingerprint density at radius 2 is 1.90 bits per heavy atom. The van der Waals surface area contributed by atoms with Crippen LogP contribution in [0.1, 0.15) is 20.7 Å². The molecule has 0 spiro atoms. The predicted octanol–water partition coefficient (Wildman–Crippen LogP) is 4.03. The molecule has 0 saturated carbocycles. The summed E-state index contributed by atoms with van der Waals surface area (Å²) in [6, 6.07) is 7.78. The zero-order valence-electron chi connectivity index (χ0n) is 10.4. The summed E-state index contributed by atoms with van der Waals surface area (Å²) in [5.74, 6) is -1.99. The molecule has 0 saturated heterocycles. The zero-order chi connectivity index (χ0) is 15.6. The minimum Gasteiger partial charge on any atom is -0.478 e. The molecule has 2 rings (SSSR count). The van der Waals surface area contributed by atoms with Crippen LogP contribution in [0.3, 0.4) is 0 Å². The van der Waals surface area contributed by atoms with Crippen LogP contribution in [0.2, 0.25) is 5.02 Å². The van der Waals surface area contributed by atoms with Gasteiger partial charge in [-0.15, -0.1) is 0 Å². The molecule has 0 aliphatic rings. The van der Waals surface area contributed by atoms with Crippen molar-refractivity contribution in [3.8, 4) is 0 Å². The maximum absolute atomic E-state index is 13.0. The topological polar surface area (TPSA) is 66.4 Å². The minimum absolute atomic E-state index is 0.0226. The molecule has 21 heavy (non-hydrogen) atoms. The molecular formula is C14H8ClFINO3. The number of hydrogen-bond acceptors (Lipinski definition) is 2. The first-order chi connectivity index (χ1) is 9.88. The molecule has 0 fully saturated rings. The van der Waals surface area contributed by atoms with Gasteiger partial charge < -0.3 is 10.4 Å². The quantitative estimate of drug-likeness (QED) is 0.738. The summed E-state index contributed by atoms with van der Waals surface area (Å²) in [6.45, 7) is 0. The van der Waals surface area contributed by atoms with Crippen molar-refractivity contribution in [3.63, 3.8) is 0 Å². The molecule has 0 heterocycles. The van der Waals surface area contributed by atoms with E-state index < -0.39 is 17.7 Å². The molecule has 0 radical (unpaired) electrons. The lowest BCUT2D eigenvalue weighted by Gasteiger charge is -2.09. The van der Waals surface area contributed by atoms with E-state index in [-0.39, 0.29) is 16.3 Å². The van der Waals surface area contributed by atoms with Gasteiger partial charge >= 0.3 is 5.97 Å². The number of benzene rings is 2. The van der Waals surface area contributed by atoms with Crippen molar-refractivity contribution in [1.82, 2.24) is 0 Å². The van der Waals surface area contributed by atoms with E-state index in [9.17, 15) is 14.0 Å². The SMILES string of the molecule is O=C(O)c1ccc(NC(=O)c2ccc(F)cc2I)c(Cl)c1. The van der Waals surface area contributed by atoms with Gasteiger partial charge in [0.15, 0.2) is 0 Å². The molecule has 0 aliphatic carbocycles. The molecule has 0 aliphatic heterocycles. The number of carboxylic acids is 1. The Bertz CT molecular complexity index is 736. The smallest absolute Gasteiger partial charge is 0.335 e. The van der Waals surface area contributed by atoms with Crippen molar-refractivity contribution < 1.29 is 19.1 Å². The molecule has 0 atom stereocenters. The van der Waals surface area contributed by atoms with E-state index in [4.69, 9.17) is 16.7 Å². The number of rotatable bonds is 3. The molecule has 2 aromatic rings. The number of carboxylic acid groups (broad SMARTS) is 1. The second kappa shape index (κ2) is 6.40. The molecular weight excluding hydrogens is 412 g/mol. The third-order valence-electron chi connectivity index (χ3n) is 2.64. The number of carbonyl (C=O) groups is 2. The molecule has 7 heteroatoms. The van der Waals surface area contributed by atoms with E-state index in [0.29, 0.717) is 9.13 Å². The van der Waals surface area contributed by atoms with E-state index in [1.165, 1.54) is 36.4 Å². The van der Waals surface area contributed by atoms with Crippen molar-refractivity contribution in [2.45, 2.75) is 0 Å². The molecule has 2 N–H and O–H groups in total. The highest BCUT2D eigenvalue weighted by Gasteiger charge is 2.13. The first-order valence-corrected chi connectivity index (χ1v) is 7.13. The number of halogens is 3. The highest BCUT2D eigenvalue weighted by Crippen LogP contribution is 2.24. The van der Waals surface area contributed by atoms with Crippen LogP contribution in [0.15, 0.2) is 36.4 Å². The van der Waals surface area contributed by atoms with Gasteiger partial charge in [0.1, 0.15) is 5.82 Å². The van der Waals surface area contributed by atoms with E-state index in [0.717, 1.165) is 0 Å². The molecule has 2 aromatic carbocycles. The molecule has 108 valence electrons. The van der Waals surface area contributed by atoms with Crippen LogP contribution in [-0.4, -0.2) is 17.0 Å². The van der Waals surface area contributed by atoms with Gasteiger partial charge in [-0.25, -0.2) is 9.18 Å². The highest BCUT2D eigenvalue weighted by atomic mass is 127. The van der Waals surface area contributed by atoms with Gasteiger partial charge in [-0.05, 0) is 59.0 Å². The fourth-order valence-electron chi connectivity index (χ4n) is 1.61. The van der Waals surface area contributed by atoms with Gasteiger partial charge in [0.25, 0.3) is 5.91 Å². The monoisotopic (exact) mass is 419 g/mol. The van der Waals surface area contributed by atoms with Crippen LogP contribution in [0, 0.1) is 9.39 Å². The fourth-order valence-corrected chi connectivity index (χ4v) is 2.56. The fraction of sp³-hybridized carbons (Fsp3) is 0. The van der Waals surface area contributed by atoms with Gasteiger partial charge in [-0.1, -0.05) is 11.6 Å². The van der Waals surface area contributed by atoms with Crippen LogP contribution in [0.5, 0.6) is 0 Å². The summed E-state index contributed by atoms with van der Waals surface area (Å²) in [6.07, 6.45) is 0. The molecule has 4 nitrogen and oxygen atoms in total. The van der Waals surface area contributed by atoms with Crippen molar-refractivity contribution >= 4 is 51.8 Å². The first kappa shape index (κ1) is 15.7. The molecule has 0 aromatic heterocycles. The predicted molar refractivity (Wildman–Crippen MR) is 85.5 cm³/mol. The molecule has 0 bridgehead atoms. The second-order valence-electron chi connectivity index (χ2n) is 4.08. The Labute approximate surface area is 138 Å². The molecule has 0 unspecified atom stereocenters. The average molecular weight is 420 g/mol. The Morgan fingerprint density at radius 3 is 2.48 bits per heavy atom. The first-order valence-electron chi connectivity index (χ1n) is 5.67. The number of nitrogens with one attached hydrogen (secondary N) is 1. The lowest BCUT2D eigenvalue weighted by atomic mass is 10.2. The number of anilines is 1. The minimum atomic E-state index is -1.11. The summed E-state index contributed by atoms with van der Waals surface area (Å²) in [5, 5.41) is 11.5. The average Bonchev–Trinajstić information content (AvgIpc) is 2.40. The highest BCUT2D eigenvalue weighted by molar-refractivity contribution is 14.1. The Morgan fingerprint density at radius 1 is 1.19 bits per heavy atom. The van der Waals surface area contributed by atoms with Crippen LogP contribution in [-0.2, 0) is 0 Å². The number of aromatic carboxylic acids is 1. The lowest BCUT2D eigenvalue weighted by Crippen LogP contribution is -2.14. The van der Waals surface area contributed by atoms with E-state index >= 15 is 0 Å². The largest absolute Gasteiger partial charge is 0.478 e. The van der Waals surface area contributed by atoms with Crippen LogP contribution < -0.4 is 5.32 Å². The number of carbonyl (C=O) groups excluding carboxylic acids is 1. The summed E-state index contributed by atoms with van der Waals surface area (Å²) >= 11 is 7.79. The van der Waals surface area contributed by atoms with E-state index in [1.807, 2.05) is 22.6 Å². The maximum Gasteiger partial charge on any atom is 0.335 e. The van der Waals surface area contributed by atoms with E-state index in [1.54, 1.807) is 0 Å². The summed E-state index contributed by atoms with van der Waals surface area (Å²) < 4.78 is 13.5. The van der Waals surface area contributed by atoms with E-state index in [2.05, 4.69) is 5.32 Å². The third kappa shape index (κ3) is 3.70. The van der Waals surface area contributed by atoms with Gasteiger partial charge in [-0.3, -0.25) is 4.79 Å². The normalized spacial score (nSPS) is 10.2. The summed E-state index contributed by atoms with van der Waals surface area (Å²) in [7, 11) is 0. The van der Waals surface area contributed by atoms with Crippen molar-refractivity contribution in [1.29, 1.82) is 0 Å². The maximum atomic E-state index is 13.0. The van der Waals surface area contributed by atoms with Crippen LogP contribution in [0.25, 0.3) is 0 Å². The van der Waals surface area contributed by atoms with Gasteiger partial charge in [0.05, 0.1) is 21.8 Å². The lowest BCUT2D eigenvalue weighted by molar-refractivity contribution is 0.0696. The van der Waals surface area contributed by atoms with Crippen molar-refractivity contribution in [2.75, 3.05) is 5.32 Å². The standard InChI is InChI=1S/C14H8ClFINO3/c15-10-5-7(14(20)21)1-4-12(10)18-13(19)9-3-2-8(16)6-11(9)17/h1-6H,(H,18,19)(H,20,21). The van der Waals surface area contributed by atoms with Crippen molar-refractivity contribution in [2.24, 2.45) is 0 Å². The third-order valence-corrected chi connectivity index (χ3v) is 3.85. The Balaban J connectivity index is 2.25. The summed E-state index contributed by atoms with van der Waals surface area (Å²) in [5.41, 5.74) is 0.608. The van der Waals surface area contributed by atoms with Crippen LogP contribution in [0.4, 0.5) is 10.1 Å². The zero-order valence-corrected chi connectivity index (χ0v) is 13.3. The number of hydrogen-bond donors (Lipinski definition) is 2. The summed E-state index contributed by atoms with van der Waals surface area (Å²) in [4.78, 5) is 22.9. The Kier molecular flexibility index (Phi) is 4.79. The van der Waals surface area contributed by atoms with Crippen molar-refractivity contribution in [3.05, 3.63) is 61.9 Å². The second-order valence-corrected chi connectivity index (χ2v) is 5.65. The number of amides is 1.